The summed E-state index contributed by atoms with van der Waals surface area (Å²) in [5, 5.41) is 20.9. The Bertz CT molecular complexity index is 497. The molecule has 0 heterocycles. The van der Waals surface area contributed by atoms with E-state index in [0.29, 0.717) is 11.7 Å². The third-order valence-corrected chi connectivity index (χ3v) is 6.01. The zero-order chi connectivity index (χ0) is 18.1. The van der Waals surface area contributed by atoms with Gasteiger partial charge in [0, 0.05) is 5.56 Å². The summed E-state index contributed by atoms with van der Waals surface area (Å²) in [6.07, 6.45) is 9.96. The lowest BCUT2D eigenvalue weighted by Gasteiger charge is -2.16. The zero-order valence-electron chi connectivity index (χ0n) is 15.9. The number of aryl methyl sites for hydroxylation is 1. The van der Waals surface area contributed by atoms with E-state index < -0.39 is 0 Å². The monoisotopic (exact) mass is 446 g/mol. The van der Waals surface area contributed by atoms with Gasteiger partial charge < -0.3 is 10.2 Å². The molecular formula is C21H35IO2. The lowest BCUT2D eigenvalue weighted by atomic mass is 9.93. The molecule has 0 saturated heterocycles. The molecule has 0 saturated carbocycles. The molecule has 0 aliphatic carbocycles. The summed E-state index contributed by atoms with van der Waals surface area (Å²) in [4.78, 5) is 0. The molecule has 3 heteroatoms. The average Bonchev–Trinajstić information content (AvgIpc) is 2.51. The van der Waals surface area contributed by atoms with Crippen LogP contribution >= 0.6 is 22.6 Å². The summed E-state index contributed by atoms with van der Waals surface area (Å²) < 4.78 is 0.920. The van der Waals surface area contributed by atoms with Gasteiger partial charge in [-0.15, -0.1) is 0 Å². The number of benzene rings is 1. The maximum atomic E-state index is 10.5. The Kier molecular flexibility index (Phi) is 10.1. The van der Waals surface area contributed by atoms with Crippen LogP contribution in [0, 0.1) is 15.4 Å². The molecule has 1 aromatic rings. The van der Waals surface area contributed by atoms with Crippen LogP contribution in [0.2, 0.25) is 0 Å². The van der Waals surface area contributed by atoms with E-state index in [1.54, 1.807) is 0 Å². The second-order valence-electron chi connectivity index (χ2n) is 7.62. The van der Waals surface area contributed by atoms with E-state index in [9.17, 15) is 10.2 Å². The maximum Gasteiger partial charge on any atom is 0.136 e. The Balaban J connectivity index is 2.63. The molecule has 24 heavy (non-hydrogen) atoms. The number of halogens is 1. The van der Waals surface area contributed by atoms with Crippen molar-refractivity contribution in [2.75, 3.05) is 0 Å². The average molecular weight is 446 g/mol. The minimum absolute atomic E-state index is 0.272. The summed E-state index contributed by atoms with van der Waals surface area (Å²) in [5.41, 5.74) is 1.81. The first-order valence-corrected chi connectivity index (χ1v) is 10.7. The number of hydrogen-bond donors (Lipinski definition) is 2. The molecule has 2 N–H and O–H groups in total. The molecule has 0 aromatic heterocycles. The molecule has 1 atom stereocenters. The Morgan fingerprint density at radius 1 is 0.958 bits per heavy atom. The molecule has 0 amide bonds. The lowest BCUT2D eigenvalue weighted by molar-refractivity contribution is 0.412. The van der Waals surface area contributed by atoms with Crippen molar-refractivity contribution in [2.45, 2.75) is 85.5 Å². The van der Waals surface area contributed by atoms with Crippen LogP contribution in [0.4, 0.5) is 0 Å². The number of unbranched alkanes of at least 4 members (excludes halogenated alkanes) is 2. The van der Waals surface area contributed by atoms with Gasteiger partial charge in [0.05, 0.1) is 3.57 Å². The second-order valence-corrected chi connectivity index (χ2v) is 8.70. The standard InChI is InChI=1S/C21H35IO2/c1-5-6-7-11-17-14-19(23)18(21(24)20(17)22)13-12-16(4)10-8-9-15(2)3/h14-16,23-24H,5-13H2,1-4H3/t16-/m1/s1. The van der Waals surface area contributed by atoms with Gasteiger partial charge in [-0.1, -0.05) is 59.8 Å². The van der Waals surface area contributed by atoms with Crippen LogP contribution in [0.3, 0.4) is 0 Å². The quantitative estimate of drug-likeness (QED) is 0.289. The van der Waals surface area contributed by atoms with Crippen LogP contribution in [0.15, 0.2) is 6.07 Å². The van der Waals surface area contributed by atoms with Gasteiger partial charge in [0.1, 0.15) is 11.5 Å². The van der Waals surface area contributed by atoms with Crippen molar-refractivity contribution in [3.63, 3.8) is 0 Å². The first-order chi connectivity index (χ1) is 11.4. The van der Waals surface area contributed by atoms with E-state index in [4.69, 9.17) is 0 Å². The molecule has 2 nitrogen and oxygen atoms in total. The molecule has 0 aliphatic heterocycles. The van der Waals surface area contributed by atoms with Crippen LogP contribution in [0.1, 0.15) is 83.8 Å². The van der Waals surface area contributed by atoms with E-state index in [2.05, 4.69) is 50.3 Å². The predicted molar refractivity (Wildman–Crippen MR) is 112 cm³/mol. The summed E-state index contributed by atoms with van der Waals surface area (Å²) in [6, 6.07) is 1.87. The first kappa shape index (κ1) is 21.6. The van der Waals surface area contributed by atoms with Gasteiger partial charge in [-0.2, -0.15) is 0 Å². The summed E-state index contributed by atoms with van der Waals surface area (Å²) in [5.74, 6) is 1.97. The van der Waals surface area contributed by atoms with Crippen LogP contribution in [0.25, 0.3) is 0 Å². The van der Waals surface area contributed by atoms with Crippen LogP contribution in [-0.4, -0.2) is 10.2 Å². The van der Waals surface area contributed by atoms with Crippen molar-refractivity contribution in [2.24, 2.45) is 11.8 Å². The van der Waals surface area contributed by atoms with Crippen molar-refractivity contribution in [3.8, 4) is 11.5 Å². The highest BCUT2D eigenvalue weighted by Crippen LogP contribution is 2.37. The van der Waals surface area contributed by atoms with E-state index in [-0.39, 0.29) is 5.75 Å². The number of phenolic OH excluding ortho intramolecular Hbond substituents is 2. The molecule has 0 aliphatic rings. The zero-order valence-corrected chi connectivity index (χ0v) is 18.0. The van der Waals surface area contributed by atoms with Crippen molar-refractivity contribution in [1.29, 1.82) is 0 Å². The third kappa shape index (κ3) is 7.20. The Labute approximate surface area is 162 Å². The molecule has 138 valence electrons. The lowest BCUT2D eigenvalue weighted by Crippen LogP contribution is -2.01. The van der Waals surface area contributed by atoms with Crippen molar-refractivity contribution < 1.29 is 10.2 Å². The fraction of sp³-hybridized carbons (Fsp3) is 0.714. The SMILES string of the molecule is CCCCCc1cc(O)c(CC[C@H](C)CCCC(C)C)c(O)c1I. The molecule has 0 unspecified atom stereocenters. The molecule has 0 fully saturated rings. The van der Waals surface area contributed by atoms with Gasteiger partial charge in [-0.3, -0.25) is 0 Å². The van der Waals surface area contributed by atoms with Gasteiger partial charge in [0.15, 0.2) is 0 Å². The first-order valence-electron chi connectivity index (χ1n) is 9.58. The highest BCUT2D eigenvalue weighted by Gasteiger charge is 2.16. The van der Waals surface area contributed by atoms with Crippen molar-refractivity contribution in [1.82, 2.24) is 0 Å². The number of rotatable bonds is 11. The largest absolute Gasteiger partial charge is 0.508 e. The maximum absolute atomic E-state index is 10.5. The summed E-state index contributed by atoms with van der Waals surface area (Å²) >= 11 is 2.22. The highest BCUT2D eigenvalue weighted by molar-refractivity contribution is 14.1. The minimum atomic E-state index is 0.272. The second kappa shape index (κ2) is 11.2. The molecule has 0 spiro atoms. The fourth-order valence-corrected chi connectivity index (χ4v) is 3.88. The van der Waals surface area contributed by atoms with E-state index in [1.165, 1.54) is 32.1 Å². The summed E-state index contributed by atoms with van der Waals surface area (Å²) in [6.45, 7) is 9.00. The summed E-state index contributed by atoms with van der Waals surface area (Å²) in [7, 11) is 0. The van der Waals surface area contributed by atoms with E-state index >= 15 is 0 Å². The molecule has 1 aromatic carbocycles. The predicted octanol–water partition coefficient (Wildman–Crippen LogP) is 6.83. The van der Waals surface area contributed by atoms with Gasteiger partial charge in [-0.05, 0) is 71.7 Å². The topological polar surface area (TPSA) is 40.5 Å². The molecular weight excluding hydrogens is 411 g/mol. The van der Waals surface area contributed by atoms with Crippen LogP contribution in [0.5, 0.6) is 11.5 Å². The number of phenols is 2. The Hall–Kier alpha value is -0.450. The number of aromatic hydroxyl groups is 2. The van der Waals surface area contributed by atoms with Crippen molar-refractivity contribution >= 4 is 22.6 Å². The van der Waals surface area contributed by atoms with E-state index in [1.807, 2.05) is 6.07 Å². The molecule has 1 rings (SSSR count). The van der Waals surface area contributed by atoms with Gasteiger partial charge in [0.2, 0.25) is 0 Å². The van der Waals surface area contributed by atoms with Crippen LogP contribution < -0.4 is 0 Å². The van der Waals surface area contributed by atoms with Crippen molar-refractivity contribution in [3.05, 3.63) is 20.8 Å². The Morgan fingerprint density at radius 2 is 1.67 bits per heavy atom. The van der Waals surface area contributed by atoms with E-state index in [0.717, 1.165) is 46.3 Å². The smallest absolute Gasteiger partial charge is 0.136 e. The highest BCUT2D eigenvalue weighted by atomic mass is 127. The minimum Gasteiger partial charge on any atom is -0.508 e. The van der Waals surface area contributed by atoms with Gasteiger partial charge >= 0.3 is 0 Å². The van der Waals surface area contributed by atoms with Gasteiger partial charge in [-0.25, -0.2) is 0 Å². The van der Waals surface area contributed by atoms with Crippen LogP contribution in [-0.2, 0) is 12.8 Å². The number of hydrogen-bond acceptors (Lipinski definition) is 2. The normalized spacial score (nSPS) is 12.8. The third-order valence-electron chi connectivity index (χ3n) is 4.81. The molecule has 0 bridgehead atoms. The Morgan fingerprint density at radius 3 is 2.29 bits per heavy atom. The fourth-order valence-electron chi connectivity index (χ4n) is 3.12. The van der Waals surface area contributed by atoms with Gasteiger partial charge in [0.25, 0.3) is 0 Å². The molecule has 0 radical (unpaired) electrons.